The van der Waals surface area contributed by atoms with Gasteiger partial charge in [0.25, 0.3) is 0 Å². The Labute approximate surface area is 110 Å². The van der Waals surface area contributed by atoms with Crippen molar-refractivity contribution in [1.29, 1.82) is 0 Å². The minimum atomic E-state index is -1.03. The highest BCUT2D eigenvalue weighted by atomic mass is 32.2. The minimum absolute atomic E-state index is 0.321. The van der Waals surface area contributed by atoms with Crippen molar-refractivity contribution in [3.63, 3.8) is 0 Å². The first-order valence-corrected chi connectivity index (χ1v) is 8.04. The number of carbonyl (C=O) groups is 2. The van der Waals surface area contributed by atoms with E-state index in [1.54, 1.807) is 23.5 Å². The van der Waals surface area contributed by atoms with Crippen molar-refractivity contribution in [3.05, 3.63) is 0 Å². The molecule has 2 N–H and O–H groups in total. The van der Waals surface area contributed by atoms with Gasteiger partial charge in [-0.1, -0.05) is 0 Å². The Kier molecular flexibility index (Phi) is 10.2. The quantitative estimate of drug-likeness (QED) is 0.626. The van der Waals surface area contributed by atoms with Gasteiger partial charge in [-0.2, -0.15) is 23.5 Å². The Morgan fingerprint density at radius 1 is 1.29 bits per heavy atom. The fourth-order valence-electron chi connectivity index (χ4n) is 1.05. The maximum atomic E-state index is 11.3. The van der Waals surface area contributed by atoms with E-state index in [1.807, 2.05) is 12.5 Å². The maximum absolute atomic E-state index is 11.3. The SMILES string of the molecule is CSCCCOC(=O)N[C@@H](CCSC)C(=O)O. The van der Waals surface area contributed by atoms with Crippen LogP contribution in [-0.2, 0) is 9.53 Å². The third-order valence-electron chi connectivity index (χ3n) is 1.93. The van der Waals surface area contributed by atoms with Crippen LogP contribution in [-0.4, -0.2) is 53.8 Å². The van der Waals surface area contributed by atoms with Gasteiger partial charge in [-0.15, -0.1) is 0 Å². The van der Waals surface area contributed by atoms with Crippen LogP contribution in [0.15, 0.2) is 0 Å². The van der Waals surface area contributed by atoms with Crippen LogP contribution in [0, 0.1) is 0 Å². The van der Waals surface area contributed by atoms with Crippen molar-refractivity contribution in [2.45, 2.75) is 18.9 Å². The van der Waals surface area contributed by atoms with Crippen molar-refractivity contribution in [2.24, 2.45) is 0 Å². The van der Waals surface area contributed by atoms with Crippen LogP contribution < -0.4 is 5.32 Å². The molecule has 0 bridgehead atoms. The van der Waals surface area contributed by atoms with E-state index < -0.39 is 18.1 Å². The number of hydrogen-bond acceptors (Lipinski definition) is 5. The van der Waals surface area contributed by atoms with Gasteiger partial charge in [-0.3, -0.25) is 0 Å². The Hall–Kier alpha value is -0.560. The molecular weight excluding hydrogens is 262 g/mol. The van der Waals surface area contributed by atoms with Gasteiger partial charge >= 0.3 is 12.1 Å². The van der Waals surface area contributed by atoms with Gasteiger partial charge in [-0.25, -0.2) is 9.59 Å². The summed E-state index contributed by atoms with van der Waals surface area (Å²) in [5.41, 5.74) is 0. The number of nitrogens with one attached hydrogen (secondary N) is 1. The fraction of sp³-hybridized carbons (Fsp3) is 0.800. The van der Waals surface area contributed by atoms with E-state index in [9.17, 15) is 9.59 Å². The van der Waals surface area contributed by atoms with E-state index in [4.69, 9.17) is 9.84 Å². The van der Waals surface area contributed by atoms with E-state index in [-0.39, 0.29) is 0 Å². The molecule has 17 heavy (non-hydrogen) atoms. The van der Waals surface area contributed by atoms with Gasteiger partial charge in [0.1, 0.15) is 6.04 Å². The summed E-state index contributed by atoms with van der Waals surface area (Å²) in [6.45, 7) is 0.321. The zero-order valence-electron chi connectivity index (χ0n) is 10.1. The Balaban J connectivity index is 3.83. The predicted molar refractivity (Wildman–Crippen MR) is 71.9 cm³/mol. The number of carbonyl (C=O) groups excluding carboxylic acids is 1. The molecule has 0 radical (unpaired) electrons. The van der Waals surface area contributed by atoms with Crippen LogP contribution in [0.4, 0.5) is 4.79 Å². The number of rotatable bonds is 9. The Bertz CT molecular complexity index is 238. The van der Waals surface area contributed by atoms with Crippen LogP contribution in [0.5, 0.6) is 0 Å². The summed E-state index contributed by atoms with van der Waals surface area (Å²) in [4.78, 5) is 22.1. The van der Waals surface area contributed by atoms with Crippen LogP contribution in [0.3, 0.4) is 0 Å². The maximum Gasteiger partial charge on any atom is 0.407 e. The highest BCUT2D eigenvalue weighted by molar-refractivity contribution is 7.98. The van der Waals surface area contributed by atoms with E-state index in [0.717, 1.165) is 12.2 Å². The van der Waals surface area contributed by atoms with Crippen molar-refractivity contribution in [2.75, 3.05) is 30.6 Å². The zero-order chi connectivity index (χ0) is 13.1. The standard InChI is InChI=1S/C10H19NO4S2/c1-16-6-3-5-15-10(14)11-8(9(12)13)4-7-17-2/h8H,3-7H2,1-2H3,(H,11,14)(H,12,13)/t8-/m0/s1. The molecule has 100 valence electrons. The summed E-state index contributed by atoms with van der Waals surface area (Å²) in [5, 5.41) is 11.2. The van der Waals surface area contributed by atoms with E-state index in [1.165, 1.54) is 0 Å². The number of hydrogen-bond donors (Lipinski definition) is 2. The molecule has 0 aliphatic rings. The van der Waals surface area contributed by atoms with Crippen LogP contribution >= 0.6 is 23.5 Å². The Morgan fingerprint density at radius 2 is 1.94 bits per heavy atom. The molecule has 0 aliphatic heterocycles. The first-order chi connectivity index (χ1) is 8.11. The number of carboxylic acids is 1. The van der Waals surface area contributed by atoms with E-state index in [2.05, 4.69) is 5.32 Å². The molecule has 1 atom stereocenters. The van der Waals surface area contributed by atoms with E-state index in [0.29, 0.717) is 18.8 Å². The molecule has 0 aromatic carbocycles. The Morgan fingerprint density at radius 3 is 2.47 bits per heavy atom. The molecule has 0 aliphatic carbocycles. The second-order valence-corrected chi connectivity index (χ2v) is 5.27. The third kappa shape index (κ3) is 9.17. The molecule has 0 saturated carbocycles. The zero-order valence-corrected chi connectivity index (χ0v) is 11.7. The van der Waals surface area contributed by atoms with Gasteiger partial charge in [-0.05, 0) is 36.9 Å². The fourth-order valence-corrected chi connectivity index (χ4v) is 1.92. The molecule has 0 aromatic rings. The van der Waals surface area contributed by atoms with Crippen molar-refractivity contribution in [1.82, 2.24) is 5.32 Å². The number of alkyl carbamates (subject to hydrolysis) is 1. The van der Waals surface area contributed by atoms with Crippen LogP contribution in [0.1, 0.15) is 12.8 Å². The van der Waals surface area contributed by atoms with Gasteiger partial charge in [0.2, 0.25) is 0 Å². The van der Waals surface area contributed by atoms with Crippen LogP contribution in [0.2, 0.25) is 0 Å². The lowest BCUT2D eigenvalue weighted by Crippen LogP contribution is -2.41. The van der Waals surface area contributed by atoms with E-state index >= 15 is 0 Å². The molecule has 0 heterocycles. The van der Waals surface area contributed by atoms with Crippen molar-refractivity contribution < 1.29 is 19.4 Å². The second-order valence-electron chi connectivity index (χ2n) is 3.30. The molecule has 0 fully saturated rings. The molecular formula is C10H19NO4S2. The molecule has 0 unspecified atom stereocenters. The summed E-state index contributed by atoms with van der Waals surface area (Å²) >= 11 is 3.22. The predicted octanol–water partition coefficient (Wildman–Crippen LogP) is 1.67. The molecule has 1 amide bonds. The summed E-state index contributed by atoms with van der Waals surface area (Å²) in [7, 11) is 0. The highest BCUT2D eigenvalue weighted by Crippen LogP contribution is 2.02. The molecule has 7 heteroatoms. The summed E-state index contributed by atoms with van der Waals surface area (Å²) in [5.74, 6) is 0.575. The summed E-state index contributed by atoms with van der Waals surface area (Å²) < 4.78 is 4.87. The second kappa shape index (κ2) is 10.6. The lowest BCUT2D eigenvalue weighted by Gasteiger charge is -2.13. The highest BCUT2D eigenvalue weighted by Gasteiger charge is 2.19. The summed E-state index contributed by atoms with van der Waals surface area (Å²) in [6, 6.07) is -0.865. The lowest BCUT2D eigenvalue weighted by atomic mass is 10.2. The van der Waals surface area contributed by atoms with Crippen molar-refractivity contribution >= 4 is 35.6 Å². The lowest BCUT2D eigenvalue weighted by molar-refractivity contribution is -0.139. The third-order valence-corrected chi connectivity index (χ3v) is 3.27. The number of amides is 1. The topological polar surface area (TPSA) is 75.6 Å². The summed E-state index contributed by atoms with van der Waals surface area (Å²) in [6.07, 6.45) is 4.38. The average molecular weight is 281 g/mol. The molecule has 5 nitrogen and oxygen atoms in total. The van der Waals surface area contributed by atoms with Crippen molar-refractivity contribution in [3.8, 4) is 0 Å². The molecule has 0 aromatic heterocycles. The largest absolute Gasteiger partial charge is 0.480 e. The smallest absolute Gasteiger partial charge is 0.407 e. The normalized spacial score (nSPS) is 11.9. The van der Waals surface area contributed by atoms with Gasteiger partial charge < -0.3 is 15.2 Å². The molecule has 0 rings (SSSR count). The van der Waals surface area contributed by atoms with Gasteiger partial charge in [0.05, 0.1) is 6.61 Å². The van der Waals surface area contributed by atoms with Gasteiger partial charge in [0, 0.05) is 0 Å². The number of aliphatic carboxylic acids is 1. The van der Waals surface area contributed by atoms with Gasteiger partial charge in [0.15, 0.2) is 0 Å². The molecule has 0 spiro atoms. The first kappa shape index (κ1) is 16.4. The number of thioether (sulfide) groups is 2. The first-order valence-electron chi connectivity index (χ1n) is 5.25. The van der Waals surface area contributed by atoms with Crippen LogP contribution in [0.25, 0.3) is 0 Å². The average Bonchev–Trinajstić information content (AvgIpc) is 2.29. The molecule has 0 saturated heterocycles. The minimum Gasteiger partial charge on any atom is -0.480 e. The monoisotopic (exact) mass is 281 g/mol. The number of carboxylic acid groups (broad SMARTS) is 1. The number of ether oxygens (including phenoxy) is 1.